The topological polar surface area (TPSA) is 62.5 Å². The summed E-state index contributed by atoms with van der Waals surface area (Å²) in [6.07, 6.45) is -0.842. The Morgan fingerprint density at radius 1 is 0.885 bits per heavy atom. The molecule has 2 heterocycles. The SMILES string of the molecule is Cc1c(C)n(C[C@@H](O)CN2C(=O)c3ccccc3C2=O)c2ccccc12. The van der Waals surface area contributed by atoms with Gasteiger partial charge in [0.15, 0.2) is 0 Å². The lowest BCUT2D eigenvalue weighted by Crippen LogP contribution is -2.38. The van der Waals surface area contributed by atoms with Crippen LogP contribution in [-0.4, -0.2) is 39.0 Å². The highest BCUT2D eigenvalue weighted by Crippen LogP contribution is 2.26. The van der Waals surface area contributed by atoms with E-state index >= 15 is 0 Å². The molecule has 0 saturated heterocycles. The van der Waals surface area contributed by atoms with E-state index in [4.69, 9.17) is 0 Å². The van der Waals surface area contributed by atoms with Crippen LogP contribution < -0.4 is 0 Å². The highest BCUT2D eigenvalue weighted by molar-refractivity contribution is 6.21. The number of hydrogen-bond donors (Lipinski definition) is 1. The average Bonchev–Trinajstić information content (AvgIpc) is 3.03. The summed E-state index contributed by atoms with van der Waals surface area (Å²) < 4.78 is 2.05. The molecule has 1 atom stereocenters. The van der Waals surface area contributed by atoms with Crippen molar-refractivity contribution in [3.05, 3.63) is 70.9 Å². The number of aromatic nitrogens is 1. The Morgan fingerprint density at radius 3 is 2.12 bits per heavy atom. The molecule has 2 amide bonds. The molecule has 1 aliphatic rings. The molecule has 4 rings (SSSR count). The van der Waals surface area contributed by atoms with Crippen molar-refractivity contribution in [2.45, 2.75) is 26.5 Å². The number of fused-ring (bicyclic) bond motifs is 2. The van der Waals surface area contributed by atoms with Crippen LogP contribution in [0, 0.1) is 13.8 Å². The summed E-state index contributed by atoms with van der Waals surface area (Å²) >= 11 is 0. The zero-order chi connectivity index (χ0) is 18.4. The van der Waals surface area contributed by atoms with Crippen LogP contribution in [0.3, 0.4) is 0 Å². The van der Waals surface area contributed by atoms with Gasteiger partial charge >= 0.3 is 0 Å². The van der Waals surface area contributed by atoms with Crippen LogP contribution in [0.1, 0.15) is 32.0 Å². The van der Waals surface area contributed by atoms with Crippen molar-refractivity contribution in [3.8, 4) is 0 Å². The van der Waals surface area contributed by atoms with E-state index in [-0.39, 0.29) is 18.4 Å². The number of aliphatic hydroxyl groups excluding tert-OH is 1. The van der Waals surface area contributed by atoms with E-state index in [0.717, 1.165) is 21.5 Å². The number of nitrogens with zero attached hydrogens (tertiary/aromatic N) is 2. The minimum atomic E-state index is -0.842. The van der Waals surface area contributed by atoms with Gasteiger partial charge in [-0.3, -0.25) is 14.5 Å². The van der Waals surface area contributed by atoms with Gasteiger partial charge in [0.25, 0.3) is 11.8 Å². The van der Waals surface area contributed by atoms with Crippen molar-refractivity contribution in [1.82, 2.24) is 9.47 Å². The van der Waals surface area contributed by atoms with E-state index in [2.05, 4.69) is 13.0 Å². The minimum Gasteiger partial charge on any atom is -0.389 e. The molecule has 26 heavy (non-hydrogen) atoms. The van der Waals surface area contributed by atoms with E-state index < -0.39 is 6.10 Å². The third kappa shape index (κ3) is 2.44. The fourth-order valence-electron chi connectivity index (χ4n) is 3.72. The van der Waals surface area contributed by atoms with E-state index in [1.807, 2.05) is 29.7 Å². The zero-order valence-electron chi connectivity index (χ0n) is 14.8. The van der Waals surface area contributed by atoms with Crippen molar-refractivity contribution < 1.29 is 14.7 Å². The Bertz CT molecular complexity index is 1000. The van der Waals surface area contributed by atoms with Gasteiger partial charge in [-0.25, -0.2) is 0 Å². The molecule has 3 aromatic rings. The molecular formula is C21H20N2O3. The Labute approximate surface area is 151 Å². The molecule has 0 radical (unpaired) electrons. The second-order valence-electron chi connectivity index (χ2n) is 6.76. The quantitative estimate of drug-likeness (QED) is 0.738. The van der Waals surface area contributed by atoms with Crippen LogP contribution in [0.2, 0.25) is 0 Å². The number of amides is 2. The molecular weight excluding hydrogens is 328 g/mol. The van der Waals surface area contributed by atoms with Crippen LogP contribution in [0.25, 0.3) is 10.9 Å². The lowest BCUT2D eigenvalue weighted by Gasteiger charge is -2.20. The summed E-state index contributed by atoms with van der Waals surface area (Å²) in [4.78, 5) is 26.1. The molecule has 1 N–H and O–H groups in total. The van der Waals surface area contributed by atoms with Crippen molar-refractivity contribution in [2.24, 2.45) is 0 Å². The maximum Gasteiger partial charge on any atom is 0.261 e. The average molecular weight is 348 g/mol. The van der Waals surface area contributed by atoms with Gasteiger partial charge in [0.05, 0.1) is 30.3 Å². The number of aryl methyl sites for hydroxylation is 1. The molecule has 1 aliphatic heterocycles. The second-order valence-corrected chi connectivity index (χ2v) is 6.76. The van der Waals surface area contributed by atoms with E-state index in [1.165, 1.54) is 5.56 Å². The standard InChI is InChI=1S/C21H20N2O3/c1-13-14(2)22(19-10-6-5-7-16(13)19)11-15(24)12-23-20(25)17-8-3-4-9-18(17)21(23)26/h3-10,15,24H,11-12H2,1-2H3/t15-/m1/s1. The van der Waals surface area contributed by atoms with Gasteiger partial charge in [-0.1, -0.05) is 30.3 Å². The lowest BCUT2D eigenvalue weighted by atomic mass is 10.1. The van der Waals surface area contributed by atoms with Gasteiger partial charge in [-0.2, -0.15) is 0 Å². The number of β-amino-alcohol motifs (C(OH)–C–C–N with tert-alkyl or cyclic N) is 1. The van der Waals surface area contributed by atoms with Gasteiger partial charge in [0, 0.05) is 16.6 Å². The maximum absolute atomic E-state index is 12.5. The predicted molar refractivity (Wildman–Crippen MR) is 99.2 cm³/mol. The van der Waals surface area contributed by atoms with Gasteiger partial charge in [0.1, 0.15) is 0 Å². The first-order valence-corrected chi connectivity index (χ1v) is 8.66. The number of carbonyl (C=O) groups is 2. The van der Waals surface area contributed by atoms with Crippen LogP contribution in [0.4, 0.5) is 0 Å². The number of para-hydroxylation sites is 1. The lowest BCUT2D eigenvalue weighted by molar-refractivity contribution is 0.0522. The van der Waals surface area contributed by atoms with Crippen LogP contribution in [-0.2, 0) is 6.54 Å². The summed E-state index contributed by atoms with van der Waals surface area (Å²) in [6.45, 7) is 4.39. The Hall–Kier alpha value is -2.92. The molecule has 0 unspecified atom stereocenters. The van der Waals surface area contributed by atoms with Gasteiger partial charge in [-0.15, -0.1) is 0 Å². The Kier molecular flexibility index (Phi) is 3.89. The molecule has 132 valence electrons. The monoisotopic (exact) mass is 348 g/mol. The van der Waals surface area contributed by atoms with Crippen LogP contribution in [0.15, 0.2) is 48.5 Å². The van der Waals surface area contributed by atoms with Crippen molar-refractivity contribution in [2.75, 3.05) is 6.54 Å². The van der Waals surface area contributed by atoms with Gasteiger partial charge in [-0.05, 0) is 37.6 Å². The molecule has 5 heteroatoms. The largest absolute Gasteiger partial charge is 0.389 e. The summed E-state index contributed by atoms with van der Waals surface area (Å²) in [5, 5.41) is 11.8. The second kappa shape index (κ2) is 6.11. The minimum absolute atomic E-state index is 0.0165. The molecule has 2 aromatic carbocycles. The number of carbonyl (C=O) groups excluding carboxylic acids is 2. The number of benzene rings is 2. The molecule has 0 aliphatic carbocycles. The third-order valence-electron chi connectivity index (χ3n) is 5.21. The van der Waals surface area contributed by atoms with Crippen molar-refractivity contribution in [1.29, 1.82) is 0 Å². The molecule has 5 nitrogen and oxygen atoms in total. The molecule has 0 fully saturated rings. The van der Waals surface area contributed by atoms with Crippen LogP contribution >= 0.6 is 0 Å². The van der Waals surface area contributed by atoms with E-state index in [1.54, 1.807) is 24.3 Å². The fraction of sp³-hybridized carbons (Fsp3) is 0.238. The Morgan fingerprint density at radius 2 is 1.46 bits per heavy atom. The first-order valence-electron chi connectivity index (χ1n) is 8.66. The van der Waals surface area contributed by atoms with E-state index in [0.29, 0.717) is 17.7 Å². The maximum atomic E-state index is 12.5. The highest BCUT2D eigenvalue weighted by Gasteiger charge is 2.36. The summed E-state index contributed by atoms with van der Waals surface area (Å²) in [5.74, 6) is -0.676. The summed E-state index contributed by atoms with van der Waals surface area (Å²) in [7, 11) is 0. The molecule has 0 bridgehead atoms. The Balaban J connectivity index is 1.58. The van der Waals surface area contributed by atoms with Gasteiger partial charge in [0.2, 0.25) is 0 Å². The smallest absolute Gasteiger partial charge is 0.261 e. The zero-order valence-corrected chi connectivity index (χ0v) is 14.8. The predicted octanol–water partition coefficient (Wildman–Crippen LogP) is 2.92. The van der Waals surface area contributed by atoms with Crippen molar-refractivity contribution >= 4 is 22.7 Å². The number of rotatable bonds is 4. The highest BCUT2D eigenvalue weighted by atomic mass is 16.3. The summed E-state index contributed by atoms with van der Waals surface area (Å²) in [5.41, 5.74) is 4.11. The first kappa shape index (κ1) is 16.5. The molecule has 0 spiro atoms. The van der Waals surface area contributed by atoms with Gasteiger partial charge < -0.3 is 9.67 Å². The van der Waals surface area contributed by atoms with Crippen molar-refractivity contribution in [3.63, 3.8) is 0 Å². The molecule has 1 aromatic heterocycles. The number of hydrogen-bond acceptors (Lipinski definition) is 3. The molecule has 0 saturated carbocycles. The first-order chi connectivity index (χ1) is 12.5. The van der Waals surface area contributed by atoms with E-state index in [9.17, 15) is 14.7 Å². The normalized spacial score (nSPS) is 15.0. The number of aliphatic hydroxyl groups is 1. The third-order valence-corrected chi connectivity index (χ3v) is 5.21. The van der Waals surface area contributed by atoms with Crippen LogP contribution in [0.5, 0.6) is 0 Å². The fourth-order valence-corrected chi connectivity index (χ4v) is 3.72. The summed E-state index contributed by atoms with van der Waals surface area (Å²) in [6, 6.07) is 14.8. The number of imide groups is 1.